The van der Waals surface area contributed by atoms with Crippen LogP contribution >= 0.6 is 0 Å². The van der Waals surface area contributed by atoms with Crippen LogP contribution in [0.2, 0.25) is 0 Å². The Morgan fingerprint density at radius 1 is 1.05 bits per heavy atom. The van der Waals surface area contributed by atoms with Gasteiger partial charge < -0.3 is 10.0 Å². The van der Waals surface area contributed by atoms with E-state index in [0.29, 0.717) is 6.54 Å². The first-order valence-corrected chi connectivity index (χ1v) is 6.82. The molecule has 0 aliphatic heterocycles. The van der Waals surface area contributed by atoms with Crippen LogP contribution in [0.3, 0.4) is 0 Å². The van der Waals surface area contributed by atoms with E-state index in [4.69, 9.17) is 0 Å². The van der Waals surface area contributed by atoms with Crippen LogP contribution in [0.4, 0.5) is 0 Å². The lowest BCUT2D eigenvalue weighted by Gasteiger charge is -2.26. The van der Waals surface area contributed by atoms with Gasteiger partial charge in [0.15, 0.2) is 0 Å². The summed E-state index contributed by atoms with van der Waals surface area (Å²) in [6, 6.07) is 14.6. The van der Waals surface area contributed by atoms with Gasteiger partial charge in [0.1, 0.15) is 6.10 Å². The molecule has 0 unspecified atom stereocenters. The Morgan fingerprint density at radius 3 is 2.30 bits per heavy atom. The molecule has 2 aromatic rings. The summed E-state index contributed by atoms with van der Waals surface area (Å²) in [5, 5.41) is 10.4. The smallest absolute Gasteiger partial charge is 0.101 e. The average Bonchev–Trinajstić information content (AvgIpc) is 2.42. The van der Waals surface area contributed by atoms with E-state index in [1.54, 1.807) is 0 Å². The highest BCUT2D eigenvalue weighted by atomic mass is 16.3. The van der Waals surface area contributed by atoms with Crippen molar-refractivity contribution in [3.05, 3.63) is 60.2 Å². The average molecular weight is 265 g/mol. The van der Waals surface area contributed by atoms with Crippen LogP contribution in [-0.2, 0) is 0 Å². The normalized spacial score (nSPS) is 13.4. The van der Waals surface area contributed by atoms with E-state index in [1.807, 2.05) is 25.1 Å². The van der Waals surface area contributed by atoms with Gasteiger partial charge in [0.05, 0.1) is 0 Å². The minimum Gasteiger partial charge on any atom is -0.384 e. The molecule has 3 rings (SSSR count). The highest BCUT2D eigenvalue weighted by molar-refractivity contribution is 6.02. The minimum atomic E-state index is -0.601. The van der Waals surface area contributed by atoms with Gasteiger partial charge in [-0.1, -0.05) is 43.0 Å². The van der Waals surface area contributed by atoms with Gasteiger partial charge in [0.2, 0.25) is 0 Å². The van der Waals surface area contributed by atoms with Crippen LogP contribution in [0.25, 0.3) is 22.3 Å². The third-order valence-corrected chi connectivity index (χ3v) is 3.77. The largest absolute Gasteiger partial charge is 0.384 e. The highest BCUT2D eigenvalue weighted by Gasteiger charge is 2.23. The number of fused-ring (bicyclic) bond motifs is 4. The number of hydrogen-bond donors (Lipinski definition) is 1. The van der Waals surface area contributed by atoms with Crippen molar-refractivity contribution in [1.29, 1.82) is 0 Å². The van der Waals surface area contributed by atoms with Crippen molar-refractivity contribution in [3.8, 4) is 22.3 Å². The molecule has 0 bridgehead atoms. The second-order valence-corrected chi connectivity index (χ2v) is 5.65. The summed E-state index contributed by atoms with van der Waals surface area (Å²) in [6.45, 7) is 4.68. The fourth-order valence-electron chi connectivity index (χ4n) is 2.81. The molecule has 2 nitrogen and oxygen atoms in total. The van der Waals surface area contributed by atoms with Crippen LogP contribution in [-0.4, -0.2) is 30.6 Å². The first-order valence-electron chi connectivity index (χ1n) is 6.82. The zero-order chi connectivity index (χ0) is 14.3. The number of aliphatic hydroxyl groups is 1. The minimum absolute atomic E-state index is 0.601. The molecule has 0 radical (unpaired) electrons. The van der Waals surface area contributed by atoms with Crippen molar-refractivity contribution < 1.29 is 5.11 Å². The van der Waals surface area contributed by atoms with Gasteiger partial charge in [0, 0.05) is 6.54 Å². The molecule has 1 N–H and O–H groups in total. The van der Waals surface area contributed by atoms with Crippen molar-refractivity contribution in [3.63, 3.8) is 0 Å². The van der Waals surface area contributed by atoms with Crippen LogP contribution in [0, 0.1) is 0 Å². The van der Waals surface area contributed by atoms with E-state index < -0.39 is 6.10 Å². The van der Waals surface area contributed by atoms with Crippen molar-refractivity contribution in [2.75, 3.05) is 20.6 Å². The SMILES string of the molecule is C=C(CN(C)C)[C@@H](O)c1ccc2c(c1)-c1ccccc1-2. The molecular weight excluding hydrogens is 246 g/mol. The predicted molar refractivity (Wildman–Crippen MR) is 83.5 cm³/mol. The number of likely N-dealkylation sites (N-methyl/N-ethyl adjacent to an activating group) is 1. The maximum atomic E-state index is 10.4. The Labute approximate surface area is 120 Å². The highest BCUT2D eigenvalue weighted by Crippen LogP contribution is 2.47. The Morgan fingerprint density at radius 2 is 1.65 bits per heavy atom. The second-order valence-electron chi connectivity index (χ2n) is 5.65. The Bertz CT molecular complexity index is 673. The van der Waals surface area contributed by atoms with Gasteiger partial charge in [-0.3, -0.25) is 0 Å². The molecule has 0 spiro atoms. The van der Waals surface area contributed by atoms with Crippen LogP contribution in [0.1, 0.15) is 11.7 Å². The topological polar surface area (TPSA) is 23.5 Å². The van der Waals surface area contributed by atoms with Crippen molar-refractivity contribution >= 4 is 0 Å². The van der Waals surface area contributed by atoms with Crippen LogP contribution in [0.5, 0.6) is 0 Å². The maximum absolute atomic E-state index is 10.4. The molecule has 0 amide bonds. The number of rotatable bonds is 4. The van der Waals surface area contributed by atoms with E-state index in [9.17, 15) is 5.11 Å². The number of benzene rings is 2. The Hall–Kier alpha value is -1.90. The van der Waals surface area contributed by atoms with E-state index in [2.05, 4.69) is 43.0 Å². The van der Waals surface area contributed by atoms with Gasteiger partial charge in [-0.05, 0) is 53.6 Å². The molecule has 0 aromatic heterocycles. The van der Waals surface area contributed by atoms with Crippen molar-refractivity contribution in [2.24, 2.45) is 0 Å². The molecule has 0 fully saturated rings. The summed E-state index contributed by atoms with van der Waals surface area (Å²) in [4.78, 5) is 2.02. The summed E-state index contributed by atoms with van der Waals surface area (Å²) in [7, 11) is 3.96. The lowest BCUT2D eigenvalue weighted by molar-refractivity contribution is 0.205. The lowest BCUT2D eigenvalue weighted by Crippen LogP contribution is -2.18. The Balaban J connectivity index is 1.88. The summed E-state index contributed by atoms with van der Waals surface area (Å²) in [6.07, 6.45) is -0.601. The number of hydrogen-bond acceptors (Lipinski definition) is 2. The van der Waals surface area contributed by atoms with E-state index in [1.165, 1.54) is 22.3 Å². The van der Waals surface area contributed by atoms with Crippen molar-refractivity contribution in [2.45, 2.75) is 6.10 Å². The standard InChI is InChI=1S/C18H19NO/c1-12(11-19(2)3)18(20)13-8-9-16-14-6-4-5-7-15(14)17(16)10-13/h4-10,18,20H,1,11H2,2-3H3/t18-/m1/s1. The quantitative estimate of drug-likeness (QED) is 0.730. The molecule has 1 aliphatic carbocycles. The molecule has 2 aromatic carbocycles. The third-order valence-electron chi connectivity index (χ3n) is 3.77. The zero-order valence-electron chi connectivity index (χ0n) is 11.9. The fourth-order valence-corrected chi connectivity index (χ4v) is 2.81. The molecule has 102 valence electrons. The third kappa shape index (κ3) is 2.07. The summed E-state index contributed by atoms with van der Waals surface area (Å²) in [5.74, 6) is 0. The lowest BCUT2D eigenvalue weighted by atomic mass is 9.79. The van der Waals surface area contributed by atoms with Crippen molar-refractivity contribution in [1.82, 2.24) is 4.90 Å². The van der Waals surface area contributed by atoms with Gasteiger partial charge >= 0.3 is 0 Å². The summed E-state index contributed by atoms with van der Waals surface area (Å²) < 4.78 is 0. The maximum Gasteiger partial charge on any atom is 0.101 e. The monoisotopic (exact) mass is 265 g/mol. The van der Waals surface area contributed by atoms with E-state index in [0.717, 1.165) is 11.1 Å². The molecule has 0 saturated carbocycles. The molecule has 0 saturated heterocycles. The fraction of sp³-hybridized carbons (Fsp3) is 0.222. The summed E-state index contributed by atoms with van der Waals surface area (Å²) >= 11 is 0. The number of nitrogens with zero attached hydrogens (tertiary/aromatic N) is 1. The Kier molecular flexibility index (Phi) is 3.20. The molecule has 1 atom stereocenters. The molecule has 2 heteroatoms. The first kappa shape index (κ1) is 13.1. The first-order chi connectivity index (χ1) is 9.58. The summed E-state index contributed by atoms with van der Waals surface area (Å²) in [5.41, 5.74) is 6.82. The predicted octanol–water partition coefficient (Wildman–Crippen LogP) is 3.49. The van der Waals surface area contributed by atoms with Gasteiger partial charge in [-0.25, -0.2) is 0 Å². The number of aliphatic hydroxyl groups excluding tert-OH is 1. The van der Waals surface area contributed by atoms with Crippen LogP contribution in [0.15, 0.2) is 54.6 Å². The van der Waals surface area contributed by atoms with Gasteiger partial charge in [-0.2, -0.15) is 0 Å². The molecule has 1 aliphatic rings. The molecular formula is C18H19NO. The molecule has 20 heavy (non-hydrogen) atoms. The van der Waals surface area contributed by atoms with Gasteiger partial charge in [0.25, 0.3) is 0 Å². The second kappa shape index (κ2) is 4.89. The zero-order valence-corrected chi connectivity index (χ0v) is 11.9. The van der Waals surface area contributed by atoms with E-state index >= 15 is 0 Å². The molecule has 0 heterocycles. The van der Waals surface area contributed by atoms with Crippen LogP contribution < -0.4 is 0 Å². The van der Waals surface area contributed by atoms with E-state index in [-0.39, 0.29) is 0 Å². The van der Waals surface area contributed by atoms with Gasteiger partial charge in [-0.15, -0.1) is 0 Å².